The minimum atomic E-state index is -3.77. The molecule has 1 rings (SSSR count). The van der Waals surface area contributed by atoms with Gasteiger partial charge in [0.2, 0.25) is 0 Å². The Morgan fingerprint density at radius 1 is 1.20 bits per heavy atom. The first-order valence-electron chi connectivity index (χ1n) is 8.74. The molecule has 4 heteroatoms. The molecular weight excluding hydrogens is 272 g/mol. The molecule has 0 aliphatic carbocycles. The van der Waals surface area contributed by atoms with Crippen LogP contribution < -0.4 is 0 Å². The predicted octanol–water partition coefficient (Wildman–Crippen LogP) is 4.00. The number of benzene rings is 1. The summed E-state index contributed by atoms with van der Waals surface area (Å²) in [7, 11) is -3.77. The second kappa shape index (κ2) is 8.72. The Morgan fingerprint density at radius 2 is 1.90 bits per heavy atom. The lowest BCUT2D eigenvalue weighted by Crippen LogP contribution is -2.07. The Hall–Kier alpha value is -1.39. The molecule has 0 heterocycles. The Balaban J connectivity index is 2.38. The molecule has 20 heavy (non-hydrogen) atoms. The van der Waals surface area contributed by atoms with Gasteiger partial charge in [0.15, 0.2) is 0 Å². The van der Waals surface area contributed by atoms with E-state index in [-0.39, 0.29) is 11.5 Å². The van der Waals surface area contributed by atoms with Crippen LogP contribution in [0.25, 0.3) is 0 Å². The highest BCUT2D eigenvalue weighted by molar-refractivity contribution is 7.86. The van der Waals surface area contributed by atoms with Crippen LogP contribution in [-0.2, 0) is 14.3 Å². The summed E-state index contributed by atoms with van der Waals surface area (Å²) in [6.07, 6.45) is 4.17. The molecule has 0 saturated carbocycles. The molecule has 0 aliphatic heterocycles. The van der Waals surface area contributed by atoms with Crippen LogP contribution in [0.1, 0.15) is 38.5 Å². The molecule has 0 spiro atoms. The van der Waals surface area contributed by atoms with Gasteiger partial charge in [-0.1, -0.05) is 48.9 Å². The standard InChI is InChI=1S/C16H22O3S/c1-3-4-5-6-7-8-9-14-19-20(17,18)16-12-10-15(2)11-13-16/h4-5,7-8,10-13H,3,6,9,14H2,1-2H3/b5-4-,8-7-/i1D3,3D2. The number of hydrogen-bond acceptors (Lipinski definition) is 3. The lowest BCUT2D eigenvalue weighted by molar-refractivity contribution is 0.324. The fourth-order valence-electron chi connectivity index (χ4n) is 1.42. The van der Waals surface area contributed by atoms with E-state index in [0.717, 1.165) is 11.6 Å². The molecule has 0 atom stereocenters. The maximum atomic E-state index is 11.9. The lowest BCUT2D eigenvalue weighted by Gasteiger charge is -2.04. The number of aryl methyl sites for hydroxylation is 1. The van der Waals surface area contributed by atoms with E-state index in [9.17, 15) is 8.42 Å². The van der Waals surface area contributed by atoms with Crippen LogP contribution in [0.5, 0.6) is 0 Å². The lowest BCUT2D eigenvalue weighted by atomic mass is 10.2. The molecule has 0 unspecified atom stereocenters. The van der Waals surface area contributed by atoms with Gasteiger partial charge in [-0.2, -0.15) is 8.42 Å². The average Bonchev–Trinajstić information content (AvgIpc) is 2.49. The van der Waals surface area contributed by atoms with Gasteiger partial charge in [-0.3, -0.25) is 4.18 Å². The van der Waals surface area contributed by atoms with Gasteiger partial charge in [-0.25, -0.2) is 0 Å². The highest BCUT2D eigenvalue weighted by Crippen LogP contribution is 2.13. The third-order valence-electron chi connectivity index (χ3n) is 2.47. The molecule has 0 aromatic heterocycles. The van der Waals surface area contributed by atoms with Crippen molar-refractivity contribution in [1.82, 2.24) is 0 Å². The second-order valence-electron chi connectivity index (χ2n) is 4.13. The van der Waals surface area contributed by atoms with Crippen LogP contribution in [0.2, 0.25) is 0 Å². The predicted molar refractivity (Wildman–Crippen MR) is 82.1 cm³/mol. The highest BCUT2D eigenvalue weighted by atomic mass is 32.2. The summed E-state index contributed by atoms with van der Waals surface area (Å²) < 4.78 is 64.8. The van der Waals surface area contributed by atoms with Gasteiger partial charge in [-0.05, 0) is 38.3 Å². The van der Waals surface area contributed by atoms with Crippen LogP contribution in [0.15, 0.2) is 53.5 Å². The van der Waals surface area contributed by atoms with Crippen molar-refractivity contribution in [2.24, 2.45) is 0 Å². The van der Waals surface area contributed by atoms with E-state index in [1.807, 2.05) is 6.92 Å². The first-order valence-corrected chi connectivity index (χ1v) is 7.65. The minimum absolute atomic E-state index is 0.00742. The number of rotatable bonds is 8. The summed E-state index contributed by atoms with van der Waals surface area (Å²) in [5.74, 6) is 0. The van der Waals surface area contributed by atoms with Crippen molar-refractivity contribution in [3.8, 4) is 0 Å². The fraction of sp³-hybridized carbons (Fsp3) is 0.375. The summed E-state index contributed by atoms with van der Waals surface area (Å²) in [4.78, 5) is 0.108. The van der Waals surface area contributed by atoms with Crippen LogP contribution in [-0.4, -0.2) is 15.0 Å². The first kappa shape index (κ1) is 10.4. The third-order valence-corrected chi connectivity index (χ3v) is 3.80. The van der Waals surface area contributed by atoms with Gasteiger partial charge in [0.25, 0.3) is 10.1 Å². The van der Waals surface area contributed by atoms with E-state index in [1.54, 1.807) is 24.3 Å². The molecule has 0 saturated heterocycles. The van der Waals surface area contributed by atoms with Crippen molar-refractivity contribution in [3.05, 3.63) is 54.1 Å². The summed E-state index contributed by atoms with van der Waals surface area (Å²) in [5, 5.41) is 0. The van der Waals surface area contributed by atoms with E-state index in [2.05, 4.69) is 0 Å². The molecule has 0 aliphatic rings. The average molecular weight is 299 g/mol. The monoisotopic (exact) mass is 299 g/mol. The zero-order valence-electron chi connectivity index (χ0n) is 16.4. The van der Waals surface area contributed by atoms with Gasteiger partial charge < -0.3 is 0 Å². The maximum Gasteiger partial charge on any atom is 0.296 e. The van der Waals surface area contributed by atoms with Crippen LogP contribution in [0, 0.1) is 6.92 Å². The van der Waals surface area contributed by atoms with Crippen molar-refractivity contribution in [2.45, 2.75) is 37.9 Å². The van der Waals surface area contributed by atoms with Crippen molar-refractivity contribution >= 4 is 10.1 Å². The van der Waals surface area contributed by atoms with E-state index in [4.69, 9.17) is 11.0 Å². The molecule has 0 fully saturated rings. The van der Waals surface area contributed by atoms with Crippen molar-refractivity contribution in [3.63, 3.8) is 0 Å². The third kappa shape index (κ3) is 6.17. The van der Waals surface area contributed by atoms with Crippen molar-refractivity contribution in [1.29, 1.82) is 0 Å². The van der Waals surface area contributed by atoms with E-state index < -0.39 is 23.3 Å². The van der Waals surface area contributed by atoms with Gasteiger partial charge in [0, 0.05) is 6.85 Å². The minimum Gasteiger partial charge on any atom is -0.266 e. The second-order valence-corrected chi connectivity index (χ2v) is 5.75. The number of hydrogen-bond donors (Lipinski definition) is 0. The van der Waals surface area contributed by atoms with Gasteiger partial charge in [-0.15, -0.1) is 0 Å². The summed E-state index contributed by atoms with van der Waals surface area (Å²) in [6.45, 7) is -0.849. The van der Waals surface area contributed by atoms with E-state index in [0.29, 0.717) is 12.8 Å². The molecule has 1 aromatic carbocycles. The summed E-state index contributed by atoms with van der Waals surface area (Å²) in [6, 6.07) is 6.37. The first-order chi connectivity index (χ1) is 11.5. The van der Waals surface area contributed by atoms with Crippen molar-refractivity contribution < 1.29 is 19.5 Å². The molecule has 1 aromatic rings. The van der Waals surface area contributed by atoms with E-state index >= 15 is 0 Å². The highest BCUT2D eigenvalue weighted by Gasteiger charge is 2.13. The molecule has 110 valence electrons. The topological polar surface area (TPSA) is 43.4 Å². The van der Waals surface area contributed by atoms with Gasteiger partial charge >= 0.3 is 0 Å². The Kier molecular flexibility index (Phi) is 4.51. The zero-order chi connectivity index (χ0) is 19.1. The molecule has 0 amide bonds. The van der Waals surface area contributed by atoms with E-state index in [1.165, 1.54) is 18.2 Å². The Morgan fingerprint density at radius 3 is 2.60 bits per heavy atom. The van der Waals surface area contributed by atoms with Gasteiger partial charge in [0.05, 0.1) is 11.5 Å². The fourth-order valence-corrected chi connectivity index (χ4v) is 2.34. The van der Waals surface area contributed by atoms with Crippen LogP contribution in [0.4, 0.5) is 0 Å². The van der Waals surface area contributed by atoms with Crippen LogP contribution in [0.3, 0.4) is 0 Å². The summed E-state index contributed by atoms with van der Waals surface area (Å²) >= 11 is 0. The molecule has 3 nitrogen and oxygen atoms in total. The smallest absolute Gasteiger partial charge is 0.266 e. The quantitative estimate of drug-likeness (QED) is 0.414. The molecule has 0 radical (unpaired) electrons. The Bertz CT molecular complexity index is 704. The van der Waals surface area contributed by atoms with Crippen LogP contribution >= 0.6 is 0 Å². The largest absolute Gasteiger partial charge is 0.296 e. The Labute approximate surface area is 129 Å². The molecule has 0 bridgehead atoms. The molecular formula is C16H22O3S. The molecule has 0 N–H and O–H groups in total. The summed E-state index contributed by atoms with van der Waals surface area (Å²) in [5.41, 5.74) is 0.956. The van der Waals surface area contributed by atoms with Gasteiger partial charge in [0.1, 0.15) is 0 Å². The SMILES string of the molecule is [2H]C([2H])([2H])C([2H])([2H])/C=C\C/C=C\CCOS(=O)(=O)c1ccc(C)cc1. The maximum absolute atomic E-state index is 11.9. The number of allylic oxidation sites excluding steroid dienone is 3. The normalized spacial score (nSPS) is 17.6. The zero-order valence-corrected chi connectivity index (χ0v) is 12.2. The van der Waals surface area contributed by atoms with Crippen molar-refractivity contribution in [2.75, 3.05) is 6.61 Å².